The molecule has 23 heavy (non-hydrogen) atoms. The Morgan fingerprint density at radius 1 is 1.26 bits per heavy atom. The van der Waals surface area contributed by atoms with E-state index in [1.807, 2.05) is 18.3 Å². The summed E-state index contributed by atoms with van der Waals surface area (Å²) in [5, 5.41) is 5.54. The van der Waals surface area contributed by atoms with Gasteiger partial charge in [-0.15, -0.1) is 0 Å². The molecule has 124 valence electrons. The highest BCUT2D eigenvalue weighted by atomic mass is 16.2. The van der Waals surface area contributed by atoms with Gasteiger partial charge in [-0.25, -0.2) is 4.98 Å². The van der Waals surface area contributed by atoms with Crippen LogP contribution in [0, 0.1) is 0 Å². The Kier molecular flexibility index (Phi) is 5.10. The molecule has 1 aromatic rings. The number of amides is 2. The zero-order chi connectivity index (χ0) is 16.1. The maximum Gasteiger partial charge on any atom is 0.242 e. The summed E-state index contributed by atoms with van der Waals surface area (Å²) in [5.41, 5.74) is 0.973. The third kappa shape index (κ3) is 4.21. The molecule has 0 saturated carbocycles. The van der Waals surface area contributed by atoms with E-state index in [2.05, 4.69) is 20.5 Å². The van der Waals surface area contributed by atoms with Crippen LogP contribution in [0.3, 0.4) is 0 Å². The van der Waals surface area contributed by atoms with Crippen LogP contribution in [0.25, 0.3) is 0 Å². The highest BCUT2D eigenvalue weighted by Crippen LogP contribution is 2.17. The lowest BCUT2D eigenvalue weighted by Gasteiger charge is -2.21. The van der Waals surface area contributed by atoms with E-state index in [4.69, 9.17) is 0 Å². The lowest BCUT2D eigenvalue weighted by molar-refractivity contribution is -0.125. The smallest absolute Gasteiger partial charge is 0.242 e. The Hall–Kier alpha value is -2.11. The summed E-state index contributed by atoms with van der Waals surface area (Å²) in [4.78, 5) is 30.0. The van der Waals surface area contributed by atoms with Crippen LogP contribution in [-0.4, -0.2) is 35.9 Å². The fraction of sp³-hybridized carbons (Fsp3) is 0.588. The predicted octanol–water partition coefficient (Wildman–Crippen LogP) is 1.36. The summed E-state index contributed by atoms with van der Waals surface area (Å²) in [6.45, 7) is 2.59. The van der Waals surface area contributed by atoms with Gasteiger partial charge in [-0.1, -0.05) is 18.9 Å². The second-order valence-electron chi connectivity index (χ2n) is 6.30. The molecule has 2 aliphatic rings. The SMILES string of the molecule is O=C1CCC(C(=O)NCc2ccc(N3CCCCCC3)nc2)N1. The fourth-order valence-corrected chi connectivity index (χ4v) is 3.13. The Bertz CT molecular complexity index is 550. The standard InChI is InChI=1S/C17H24N4O2/c22-16-8-6-14(20-16)17(23)19-12-13-5-7-15(18-11-13)21-9-3-1-2-4-10-21/h5,7,11,14H,1-4,6,8-10,12H2,(H,19,23)(H,20,22). The van der Waals surface area contributed by atoms with Crippen LogP contribution in [-0.2, 0) is 16.1 Å². The van der Waals surface area contributed by atoms with Crippen LogP contribution in [0.1, 0.15) is 44.1 Å². The number of pyridine rings is 1. The molecule has 0 aliphatic carbocycles. The molecule has 3 rings (SSSR count). The van der Waals surface area contributed by atoms with Crippen molar-refractivity contribution in [2.45, 2.75) is 51.1 Å². The third-order valence-electron chi connectivity index (χ3n) is 4.52. The molecule has 2 fully saturated rings. The third-order valence-corrected chi connectivity index (χ3v) is 4.52. The zero-order valence-corrected chi connectivity index (χ0v) is 13.4. The Morgan fingerprint density at radius 2 is 2.04 bits per heavy atom. The average molecular weight is 316 g/mol. The first-order valence-corrected chi connectivity index (χ1v) is 8.49. The van der Waals surface area contributed by atoms with Gasteiger partial charge in [0.15, 0.2) is 0 Å². The molecule has 1 unspecified atom stereocenters. The molecule has 6 nitrogen and oxygen atoms in total. The first-order valence-electron chi connectivity index (χ1n) is 8.49. The van der Waals surface area contributed by atoms with Crippen molar-refractivity contribution in [3.8, 4) is 0 Å². The maximum atomic E-state index is 12.0. The van der Waals surface area contributed by atoms with Crippen LogP contribution < -0.4 is 15.5 Å². The molecular weight excluding hydrogens is 292 g/mol. The Labute approximate surface area is 136 Å². The highest BCUT2D eigenvalue weighted by molar-refractivity contribution is 5.90. The van der Waals surface area contributed by atoms with E-state index in [9.17, 15) is 9.59 Å². The molecule has 2 amide bonds. The number of nitrogens with one attached hydrogen (secondary N) is 2. The van der Waals surface area contributed by atoms with Crippen LogP contribution in [0.4, 0.5) is 5.82 Å². The van der Waals surface area contributed by atoms with Gasteiger partial charge in [0.2, 0.25) is 11.8 Å². The van der Waals surface area contributed by atoms with Crippen molar-refractivity contribution >= 4 is 17.6 Å². The molecule has 2 aliphatic heterocycles. The molecule has 1 atom stereocenters. The first kappa shape index (κ1) is 15.8. The minimum absolute atomic E-state index is 0.0476. The lowest BCUT2D eigenvalue weighted by atomic mass is 10.2. The van der Waals surface area contributed by atoms with E-state index in [1.165, 1.54) is 25.7 Å². The van der Waals surface area contributed by atoms with Gasteiger partial charge >= 0.3 is 0 Å². The molecule has 3 heterocycles. The van der Waals surface area contributed by atoms with Crippen molar-refractivity contribution in [2.75, 3.05) is 18.0 Å². The molecule has 0 aromatic carbocycles. The number of hydrogen-bond acceptors (Lipinski definition) is 4. The molecule has 6 heteroatoms. The summed E-state index contributed by atoms with van der Waals surface area (Å²) in [7, 11) is 0. The quantitative estimate of drug-likeness (QED) is 0.879. The first-order chi connectivity index (χ1) is 11.2. The number of nitrogens with zero attached hydrogens (tertiary/aromatic N) is 2. The van der Waals surface area contributed by atoms with Gasteiger partial charge in [-0.2, -0.15) is 0 Å². The largest absolute Gasteiger partial charge is 0.357 e. The van der Waals surface area contributed by atoms with Crippen LogP contribution in [0.5, 0.6) is 0 Å². The predicted molar refractivity (Wildman–Crippen MR) is 87.9 cm³/mol. The number of anilines is 1. The topological polar surface area (TPSA) is 74.3 Å². The number of rotatable bonds is 4. The summed E-state index contributed by atoms with van der Waals surface area (Å²) >= 11 is 0. The van der Waals surface area contributed by atoms with Gasteiger partial charge in [0.05, 0.1) is 0 Å². The van der Waals surface area contributed by atoms with Gasteiger partial charge in [0, 0.05) is 32.3 Å². The van der Waals surface area contributed by atoms with E-state index in [-0.39, 0.29) is 17.9 Å². The minimum atomic E-state index is -0.383. The van der Waals surface area contributed by atoms with Crippen molar-refractivity contribution in [1.82, 2.24) is 15.6 Å². The van der Waals surface area contributed by atoms with E-state index in [0.717, 1.165) is 24.5 Å². The van der Waals surface area contributed by atoms with Crippen molar-refractivity contribution in [3.05, 3.63) is 23.9 Å². The highest BCUT2D eigenvalue weighted by Gasteiger charge is 2.26. The second kappa shape index (κ2) is 7.44. The molecule has 0 radical (unpaired) electrons. The van der Waals surface area contributed by atoms with Crippen molar-refractivity contribution in [3.63, 3.8) is 0 Å². The number of carbonyl (C=O) groups excluding carboxylic acids is 2. The number of carbonyl (C=O) groups is 2. The van der Waals surface area contributed by atoms with Gasteiger partial charge in [0.1, 0.15) is 11.9 Å². The van der Waals surface area contributed by atoms with E-state index in [1.54, 1.807) is 0 Å². The average Bonchev–Trinajstić information content (AvgIpc) is 2.84. The van der Waals surface area contributed by atoms with E-state index >= 15 is 0 Å². The van der Waals surface area contributed by atoms with E-state index < -0.39 is 0 Å². The summed E-state index contributed by atoms with van der Waals surface area (Å²) in [5.74, 6) is 0.853. The van der Waals surface area contributed by atoms with Gasteiger partial charge in [-0.05, 0) is 30.9 Å². The lowest BCUT2D eigenvalue weighted by Crippen LogP contribution is -2.41. The number of hydrogen-bond donors (Lipinski definition) is 2. The monoisotopic (exact) mass is 316 g/mol. The maximum absolute atomic E-state index is 12.0. The second-order valence-corrected chi connectivity index (χ2v) is 6.30. The van der Waals surface area contributed by atoms with Crippen LogP contribution in [0.2, 0.25) is 0 Å². The van der Waals surface area contributed by atoms with E-state index in [0.29, 0.717) is 19.4 Å². The fourth-order valence-electron chi connectivity index (χ4n) is 3.13. The van der Waals surface area contributed by atoms with Crippen molar-refractivity contribution in [1.29, 1.82) is 0 Å². The minimum Gasteiger partial charge on any atom is -0.357 e. The Morgan fingerprint density at radius 3 is 2.65 bits per heavy atom. The molecular formula is C17H24N4O2. The van der Waals surface area contributed by atoms with Crippen LogP contribution in [0.15, 0.2) is 18.3 Å². The molecule has 0 bridgehead atoms. The normalized spacial score (nSPS) is 21.7. The molecule has 2 N–H and O–H groups in total. The van der Waals surface area contributed by atoms with Crippen molar-refractivity contribution in [2.24, 2.45) is 0 Å². The zero-order valence-electron chi connectivity index (χ0n) is 13.4. The number of aromatic nitrogens is 1. The van der Waals surface area contributed by atoms with Crippen molar-refractivity contribution < 1.29 is 9.59 Å². The molecule has 1 aromatic heterocycles. The van der Waals surface area contributed by atoms with Gasteiger partial charge in [0.25, 0.3) is 0 Å². The van der Waals surface area contributed by atoms with Gasteiger partial charge in [-0.3, -0.25) is 9.59 Å². The summed E-state index contributed by atoms with van der Waals surface area (Å²) in [6.07, 6.45) is 7.91. The van der Waals surface area contributed by atoms with Crippen LogP contribution >= 0.6 is 0 Å². The summed E-state index contributed by atoms with van der Waals surface area (Å²) in [6, 6.07) is 3.66. The molecule has 2 saturated heterocycles. The molecule has 0 spiro atoms. The summed E-state index contributed by atoms with van der Waals surface area (Å²) < 4.78 is 0. The Balaban J connectivity index is 1.51. The van der Waals surface area contributed by atoms with Gasteiger partial charge < -0.3 is 15.5 Å².